The minimum absolute atomic E-state index is 0.133. The van der Waals surface area contributed by atoms with Crippen molar-refractivity contribution < 1.29 is 13.2 Å². The quantitative estimate of drug-likeness (QED) is 0.319. The Morgan fingerprint density at radius 1 is 0.972 bits per heavy atom. The molecule has 1 amide bonds. The van der Waals surface area contributed by atoms with Crippen LogP contribution in [0.2, 0.25) is 0 Å². The fraction of sp³-hybridized carbons (Fsp3) is 0.214. The van der Waals surface area contributed by atoms with Crippen molar-refractivity contribution in [2.24, 2.45) is 0 Å². The number of aryl methyl sites for hydroxylation is 2. The topological polar surface area (TPSA) is 79.4 Å². The van der Waals surface area contributed by atoms with Gasteiger partial charge in [0.1, 0.15) is 0 Å². The van der Waals surface area contributed by atoms with Gasteiger partial charge in [0, 0.05) is 23.1 Å². The van der Waals surface area contributed by atoms with Crippen LogP contribution in [0, 0.1) is 0 Å². The van der Waals surface area contributed by atoms with Crippen LogP contribution in [0.4, 0.5) is 10.8 Å². The van der Waals surface area contributed by atoms with Crippen molar-refractivity contribution >= 4 is 38.1 Å². The molecule has 0 bridgehead atoms. The van der Waals surface area contributed by atoms with Gasteiger partial charge in [-0.1, -0.05) is 30.3 Å². The van der Waals surface area contributed by atoms with E-state index in [0.29, 0.717) is 22.9 Å². The lowest BCUT2D eigenvalue weighted by Gasteiger charge is -2.22. The molecule has 0 aliphatic heterocycles. The maximum absolute atomic E-state index is 13.2. The first-order valence-corrected chi connectivity index (χ1v) is 14.3. The fourth-order valence-corrected chi connectivity index (χ4v) is 6.71. The average Bonchev–Trinajstić information content (AvgIpc) is 3.38. The third-order valence-electron chi connectivity index (χ3n) is 6.40. The number of anilines is 2. The van der Waals surface area contributed by atoms with Crippen molar-refractivity contribution in [1.82, 2.24) is 4.98 Å². The molecule has 184 valence electrons. The lowest BCUT2D eigenvalue weighted by molar-refractivity contribution is 0.102. The minimum Gasteiger partial charge on any atom is -0.298 e. The zero-order valence-electron chi connectivity index (χ0n) is 20.0. The Hall–Kier alpha value is -3.49. The summed E-state index contributed by atoms with van der Waals surface area (Å²) in [6, 6.07) is 21.5. The zero-order chi connectivity index (χ0) is 25.1. The van der Waals surface area contributed by atoms with E-state index in [9.17, 15) is 13.2 Å². The van der Waals surface area contributed by atoms with Crippen LogP contribution in [0.1, 0.15) is 41.3 Å². The predicted octanol–water partition coefficient (Wildman–Crippen LogP) is 6.16. The summed E-state index contributed by atoms with van der Waals surface area (Å²) in [7, 11) is -3.75. The van der Waals surface area contributed by atoms with Gasteiger partial charge in [-0.15, -0.1) is 11.3 Å². The summed E-state index contributed by atoms with van der Waals surface area (Å²) in [6.07, 6.45) is 4.70. The Morgan fingerprint density at radius 3 is 2.42 bits per heavy atom. The van der Waals surface area contributed by atoms with Crippen molar-refractivity contribution in [3.05, 3.63) is 94.9 Å². The summed E-state index contributed by atoms with van der Waals surface area (Å²) in [5.41, 5.74) is 5.67. The van der Waals surface area contributed by atoms with Crippen LogP contribution in [0.3, 0.4) is 0 Å². The first-order valence-electron chi connectivity index (χ1n) is 12.0. The number of para-hydroxylation sites is 1. The standard InChI is InChI=1S/C28H27N3O3S2/c1-2-31(24-10-4-3-5-11-24)36(33,34)25-16-14-21(15-17-25)27(32)30-28-29-26(19-35-28)23-13-12-20-8-6-7-9-22(20)18-23/h3-5,10-19H,2,6-9H2,1H3,(H,29,30,32). The number of benzene rings is 3. The van der Waals surface area contributed by atoms with Crippen molar-refractivity contribution in [3.8, 4) is 11.3 Å². The van der Waals surface area contributed by atoms with Crippen molar-refractivity contribution in [1.29, 1.82) is 0 Å². The summed E-state index contributed by atoms with van der Waals surface area (Å²) in [5, 5.41) is 5.29. The molecule has 0 radical (unpaired) electrons. The summed E-state index contributed by atoms with van der Waals surface area (Å²) in [5.74, 6) is -0.333. The highest BCUT2D eigenvalue weighted by molar-refractivity contribution is 7.92. The molecule has 0 spiro atoms. The summed E-state index contributed by atoms with van der Waals surface area (Å²) < 4.78 is 27.7. The van der Waals surface area contributed by atoms with Gasteiger partial charge in [0.15, 0.2) is 5.13 Å². The molecular formula is C28H27N3O3S2. The molecule has 0 fully saturated rings. The maximum atomic E-state index is 13.2. The van der Waals surface area contributed by atoms with Gasteiger partial charge in [0.2, 0.25) is 0 Å². The van der Waals surface area contributed by atoms with Gasteiger partial charge >= 0.3 is 0 Å². The largest absolute Gasteiger partial charge is 0.298 e. The molecule has 1 heterocycles. The number of nitrogens with zero attached hydrogens (tertiary/aromatic N) is 2. The second-order valence-corrected chi connectivity index (χ2v) is 11.4. The van der Waals surface area contributed by atoms with Crippen LogP contribution in [0.5, 0.6) is 0 Å². The second-order valence-electron chi connectivity index (χ2n) is 8.71. The normalized spacial score (nSPS) is 13.1. The molecular weight excluding hydrogens is 490 g/mol. The molecule has 1 N–H and O–H groups in total. The smallest absolute Gasteiger partial charge is 0.264 e. The molecule has 6 nitrogen and oxygen atoms in total. The molecule has 1 aliphatic carbocycles. The van der Waals surface area contributed by atoms with Gasteiger partial charge in [-0.25, -0.2) is 13.4 Å². The average molecular weight is 518 g/mol. The predicted molar refractivity (Wildman–Crippen MR) is 145 cm³/mol. The lowest BCUT2D eigenvalue weighted by atomic mass is 9.90. The molecule has 0 saturated heterocycles. The van der Waals surface area contributed by atoms with Crippen LogP contribution in [0.15, 0.2) is 83.1 Å². The first-order chi connectivity index (χ1) is 17.5. The zero-order valence-corrected chi connectivity index (χ0v) is 21.6. The number of nitrogens with one attached hydrogen (secondary N) is 1. The minimum atomic E-state index is -3.75. The van der Waals surface area contributed by atoms with Gasteiger partial charge < -0.3 is 0 Å². The number of rotatable bonds is 7. The third kappa shape index (κ3) is 4.92. The fourth-order valence-electron chi connectivity index (χ4n) is 4.52. The number of hydrogen-bond acceptors (Lipinski definition) is 5. The van der Waals surface area contributed by atoms with Crippen molar-refractivity contribution in [2.45, 2.75) is 37.5 Å². The highest BCUT2D eigenvalue weighted by Crippen LogP contribution is 2.30. The molecule has 0 saturated carbocycles. The van der Waals surface area contributed by atoms with E-state index >= 15 is 0 Å². The van der Waals surface area contributed by atoms with Crippen LogP contribution in [0.25, 0.3) is 11.3 Å². The van der Waals surface area contributed by atoms with E-state index in [1.807, 2.05) is 11.4 Å². The summed E-state index contributed by atoms with van der Waals surface area (Å²) in [6.45, 7) is 2.09. The third-order valence-corrected chi connectivity index (χ3v) is 9.08. The van der Waals surface area contributed by atoms with Crippen LogP contribution in [-0.2, 0) is 22.9 Å². The number of thiazole rings is 1. The highest BCUT2D eigenvalue weighted by Gasteiger charge is 2.24. The molecule has 1 aromatic heterocycles. The number of sulfonamides is 1. The van der Waals surface area contributed by atoms with Gasteiger partial charge in [-0.2, -0.15) is 0 Å². The number of carbonyl (C=O) groups is 1. The highest BCUT2D eigenvalue weighted by atomic mass is 32.2. The molecule has 36 heavy (non-hydrogen) atoms. The van der Waals surface area contributed by atoms with E-state index in [-0.39, 0.29) is 10.8 Å². The van der Waals surface area contributed by atoms with E-state index in [4.69, 9.17) is 0 Å². The van der Waals surface area contributed by atoms with Crippen LogP contribution in [-0.4, -0.2) is 25.9 Å². The molecule has 8 heteroatoms. The Kier molecular flexibility index (Phi) is 6.89. The van der Waals surface area contributed by atoms with E-state index in [2.05, 4.69) is 28.5 Å². The van der Waals surface area contributed by atoms with Gasteiger partial charge in [-0.3, -0.25) is 14.4 Å². The molecule has 4 aromatic rings. The van der Waals surface area contributed by atoms with Crippen molar-refractivity contribution in [3.63, 3.8) is 0 Å². The summed E-state index contributed by atoms with van der Waals surface area (Å²) in [4.78, 5) is 17.6. The molecule has 0 atom stereocenters. The molecule has 5 rings (SSSR count). The second kappa shape index (κ2) is 10.2. The Bertz CT molecular complexity index is 1480. The van der Waals surface area contributed by atoms with Crippen LogP contribution >= 0.6 is 11.3 Å². The molecule has 0 unspecified atom stereocenters. The van der Waals surface area contributed by atoms with Gasteiger partial charge in [-0.05, 0) is 86.2 Å². The number of hydrogen-bond donors (Lipinski definition) is 1. The van der Waals surface area contributed by atoms with E-state index in [0.717, 1.165) is 24.1 Å². The number of aromatic nitrogens is 1. The first kappa shape index (κ1) is 24.2. The summed E-state index contributed by atoms with van der Waals surface area (Å²) >= 11 is 1.37. The molecule has 3 aromatic carbocycles. The molecule has 1 aliphatic rings. The van der Waals surface area contributed by atoms with Gasteiger partial charge in [0.25, 0.3) is 15.9 Å². The monoisotopic (exact) mass is 517 g/mol. The van der Waals surface area contributed by atoms with E-state index in [1.54, 1.807) is 31.2 Å². The number of fused-ring (bicyclic) bond motifs is 1. The van der Waals surface area contributed by atoms with E-state index in [1.165, 1.54) is 63.9 Å². The van der Waals surface area contributed by atoms with Crippen molar-refractivity contribution in [2.75, 3.05) is 16.2 Å². The Balaban J connectivity index is 1.29. The SMILES string of the molecule is CCN(c1ccccc1)S(=O)(=O)c1ccc(C(=O)Nc2nc(-c3ccc4c(c3)CCCC4)cs2)cc1. The Morgan fingerprint density at radius 2 is 1.69 bits per heavy atom. The Labute approximate surface area is 215 Å². The number of amides is 1. The number of carbonyl (C=O) groups excluding carboxylic acids is 1. The van der Waals surface area contributed by atoms with E-state index < -0.39 is 10.0 Å². The lowest BCUT2D eigenvalue weighted by Crippen LogP contribution is -2.30. The van der Waals surface area contributed by atoms with Gasteiger partial charge in [0.05, 0.1) is 16.3 Å². The van der Waals surface area contributed by atoms with Crippen LogP contribution < -0.4 is 9.62 Å². The maximum Gasteiger partial charge on any atom is 0.264 e.